The number of H-pyrrole nitrogens is 1. The lowest BCUT2D eigenvalue weighted by Gasteiger charge is -2.32. The third-order valence-corrected chi connectivity index (χ3v) is 27.2. The van der Waals surface area contributed by atoms with Gasteiger partial charge in [-0.15, -0.1) is 0 Å². The van der Waals surface area contributed by atoms with Crippen molar-refractivity contribution >= 4 is 135 Å². The van der Waals surface area contributed by atoms with Crippen molar-refractivity contribution in [1.82, 2.24) is 18.2 Å². The maximum absolute atomic E-state index is 13.8. The minimum absolute atomic E-state index is 0.0565. The largest absolute Gasteiger partial charge is 0.496 e. The summed E-state index contributed by atoms with van der Waals surface area (Å²) in [5, 5.41) is 14.7. The van der Waals surface area contributed by atoms with Crippen LogP contribution in [0.5, 0.6) is 0 Å². The van der Waals surface area contributed by atoms with Gasteiger partial charge in [-0.2, -0.15) is 0 Å². The van der Waals surface area contributed by atoms with Crippen molar-refractivity contribution in [3.8, 4) is 44.5 Å². The van der Waals surface area contributed by atoms with Crippen LogP contribution in [0.15, 0.2) is 173 Å². The maximum atomic E-state index is 13.8. The molecule has 8 heterocycles. The van der Waals surface area contributed by atoms with Crippen molar-refractivity contribution in [2.45, 2.75) is 216 Å². The minimum atomic E-state index is -0.675. The molecule has 0 saturated carbocycles. The van der Waals surface area contributed by atoms with E-state index in [1.54, 1.807) is 0 Å². The Morgan fingerprint density at radius 2 is 0.723 bits per heavy atom. The fraction of sp³-hybridized carbons (Fsp3) is 0.306. The maximum Gasteiger partial charge on any atom is 0.496 e. The molecule has 17 nitrogen and oxygen atoms in total. The molecule has 0 radical (unpaired) electrons. The summed E-state index contributed by atoms with van der Waals surface area (Å²) in [5.74, 6) is -0.829. The first-order valence-electron chi connectivity index (χ1n) is 44.3. The smallest absolute Gasteiger partial charge is 0.464 e. The van der Waals surface area contributed by atoms with Crippen molar-refractivity contribution in [2.75, 3.05) is 24.9 Å². The predicted octanol–water partition coefficient (Wildman–Crippen LogP) is 27.5. The monoisotopic (exact) mass is 1800 g/mol. The summed E-state index contributed by atoms with van der Waals surface area (Å²) in [6.07, 6.45) is 4.89. The number of nitrogens with zero attached hydrogens (tertiary/aromatic N) is 3. The molecular formula is C111H120BBrN6O11. The van der Waals surface area contributed by atoms with Crippen molar-refractivity contribution in [2.24, 2.45) is 0 Å². The van der Waals surface area contributed by atoms with Crippen LogP contribution in [0.4, 0.5) is 21.0 Å². The van der Waals surface area contributed by atoms with Gasteiger partial charge in [0.05, 0.1) is 52.1 Å². The van der Waals surface area contributed by atoms with Gasteiger partial charge in [-0.3, -0.25) is 15.4 Å². The number of fused-ring (bicyclic) bond motifs is 13. The molecule has 0 unspecified atom stereocenters. The van der Waals surface area contributed by atoms with E-state index in [4.69, 9.17) is 28.3 Å². The van der Waals surface area contributed by atoms with Crippen molar-refractivity contribution in [3.05, 3.63) is 291 Å². The highest BCUT2D eigenvalue weighted by Gasteiger charge is 2.52. The van der Waals surface area contributed by atoms with Crippen LogP contribution in [0, 0.1) is 125 Å². The van der Waals surface area contributed by atoms with E-state index in [0.29, 0.717) is 39.4 Å². The summed E-state index contributed by atoms with van der Waals surface area (Å²) in [6, 6.07) is 51.2. The number of pyridine rings is 4. The Balaban J connectivity index is 0.000000143. The third-order valence-electron chi connectivity index (χ3n) is 26.4. The molecule has 19 heteroatoms. The van der Waals surface area contributed by atoms with Gasteiger partial charge in [0.25, 0.3) is 5.56 Å². The molecule has 0 aliphatic carbocycles. The number of amides is 2. The number of carbonyl (C=O) groups excluding carboxylic acids is 4. The molecule has 16 aromatic rings. The number of methoxy groups -OCH3 is 2. The molecule has 670 valence electrons. The molecular weight excluding hydrogens is 1680 g/mol. The Labute approximate surface area is 771 Å². The van der Waals surface area contributed by atoms with E-state index in [2.05, 4.69) is 254 Å². The van der Waals surface area contributed by atoms with Gasteiger partial charge in [0, 0.05) is 90.0 Å². The van der Waals surface area contributed by atoms with Gasteiger partial charge in [-0.05, 0) is 410 Å². The molecule has 1 fully saturated rings. The zero-order valence-electron chi connectivity index (χ0n) is 80.9. The van der Waals surface area contributed by atoms with Crippen LogP contribution in [0.1, 0.15) is 190 Å². The number of halogens is 1. The number of hydrogen-bond acceptors (Lipinski definition) is 11. The normalized spacial score (nSPS) is 13.1. The average molecular weight is 1800 g/mol. The second kappa shape index (κ2) is 35.4. The van der Waals surface area contributed by atoms with E-state index in [9.17, 15) is 24.0 Å². The number of rotatable bonds is 9. The number of nitrogens with one attached hydrogen (secondary N) is 3. The molecule has 0 atom stereocenters. The molecule has 1 saturated heterocycles. The fourth-order valence-electron chi connectivity index (χ4n) is 17.2. The average Bonchev–Trinajstić information content (AvgIpc) is 1.55. The summed E-state index contributed by atoms with van der Waals surface area (Å²) >= 11 is 3.71. The SMILES string of the molecule is COC(=O)c1c(-c2cc(C)c(C)cc2NC(=O)OC(C)(C)C)c(-c2ccc(C)c(C)c2)c2c3cc(C)c(C)cc3ccn12.COC(=O)c1c(Br)c(-c2ccc(C)c(C)c2)c2c3cc(C)c(C)cc3ccn12.Cc1cc(NC(=O)OC(C)(C)C)c(B2OC(C)(C)C(C)(C)O2)cc1C.Cc1ccc(-c2c3c4cc(C)c(C)cc4[nH]c(=O)c3n3ccc4cc(C)c(C)cc4c23)cc1C. The Kier molecular flexibility index (Phi) is 25.5. The summed E-state index contributed by atoms with van der Waals surface area (Å²) in [4.78, 5) is 68.4. The molecule has 0 spiro atoms. The van der Waals surface area contributed by atoms with E-state index in [0.717, 1.165) is 131 Å². The molecule has 130 heavy (non-hydrogen) atoms. The van der Waals surface area contributed by atoms with Gasteiger partial charge in [0.2, 0.25) is 0 Å². The summed E-state index contributed by atoms with van der Waals surface area (Å²) in [5.41, 5.74) is 34.2. The van der Waals surface area contributed by atoms with Gasteiger partial charge in [0.15, 0.2) is 0 Å². The number of anilines is 2. The van der Waals surface area contributed by atoms with Crippen LogP contribution >= 0.6 is 15.9 Å². The lowest BCUT2D eigenvalue weighted by Crippen LogP contribution is -2.41. The Morgan fingerprint density at radius 3 is 1.17 bits per heavy atom. The minimum Gasteiger partial charge on any atom is -0.464 e. The van der Waals surface area contributed by atoms with E-state index in [1.807, 2.05) is 148 Å². The number of hydrogen-bond donors (Lipinski definition) is 3. The van der Waals surface area contributed by atoms with Gasteiger partial charge >= 0.3 is 31.2 Å². The predicted molar refractivity (Wildman–Crippen MR) is 540 cm³/mol. The van der Waals surface area contributed by atoms with Crippen LogP contribution in [0.2, 0.25) is 0 Å². The first-order chi connectivity index (χ1) is 61.0. The number of aromatic amines is 1. The molecule has 2 amide bonds. The van der Waals surface area contributed by atoms with Gasteiger partial charge in [0.1, 0.15) is 28.1 Å². The highest BCUT2D eigenvalue weighted by Crippen LogP contribution is 2.50. The lowest BCUT2D eigenvalue weighted by molar-refractivity contribution is 0.00578. The highest BCUT2D eigenvalue weighted by molar-refractivity contribution is 9.10. The number of carbonyl (C=O) groups is 4. The standard InChI is InChI=1S/C37H40N2O4.C31H28N2O.C24H22BrNO2.C19H30BNO4/c1-20-11-12-27(16-21(20)2)31-32(29-18-24(5)25(6)19-30(29)38-36(41)43-37(7,8)9)34(35(40)42-10)39-14-13-26-15-22(3)23(4)17-28(26)33(31)39;1-16-7-8-23(12-17(16)2)27-28-25-14-20(5)21(6)15-26(25)32-31(34)30(28)33-10-9-22-11-18(3)19(4)13-24(22)29(27)33;1-13-6-7-18(11-14(13)2)20-21(25)23(24(27)28-5)26-9-8-17-10-15(3)16(4)12-19(17)22(20)26;1-12-10-14(20-24-18(6,7)19(8,9)25-20)15(11-13(12)2)21-16(22)23-17(3,4)5/h11-19H,1-10H3,(H,38,41);7-15H,1-6H3,(H,32,34);6-12H,1-5H3;10-11H,1-9H3,(H,21,22). The Morgan fingerprint density at radius 1 is 0.377 bits per heavy atom. The molecule has 3 N–H and O–H groups in total. The second-order valence-corrected chi connectivity index (χ2v) is 39.4. The molecule has 9 aromatic carbocycles. The first-order valence-corrected chi connectivity index (χ1v) is 45.1. The number of aryl methyl sites for hydroxylation is 18. The molecule has 0 bridgehead atoms. The highest BCUT2D eigenvalue weighted by atomic mass is 79.9. The molecule has 7 aromatic heterocycles. The van der Waals surface area contributed by atoms with E-state index < -0.39 is 47.7 Å². The van der Waals surface area contributed by atoms with Crippen molar-refractivity contribution in [3.63, 3.8) is 0 Å². The van der Waals surface area contributed by atoms with Crippen LogP contribution in [-0.2, 0) is 28.3 Å². The zero-order chi connectivity index (χ0) is 94.6. The van der Waals surface area contributed by atoms with Crippen LogP contribution in [-0.4, -0.2) is 86.1 Å². The summed E-state index contributed by atoms with van der Waals surface area (Å²) in [6.45, 7) is 56.8. The van der Waals surface area contributed by atoms with Crippen molar-refractivity contribution < 1.29 is 47.4 Å². The van der Waals surface area contributed by atoms with E-state index in [1.165, 1.54) is 91.8 Å². The Hall–Kier alpha value is -12.5. The molecule has 17 rings (SSSR count). The first kappa shape index (κ1) is 93.6. The number of esters is 2. The van der Waals surface area contributed by atoms with Gasteiger partial charge in [-0.25, -0.2) is 19.2 Å². The van der Waals surface area contributed by atoms with Crippen LogP contribution in [0.25, 0.3) is 115 Å². The molecule has 1 aliphatic heterocycles. The number of ether oxygens (including phenoxy) is 4. The fourth-order valence-corrected chi connectivity index (χ4v) is 18.0. The second-order valence-electron chi connectivity index (χ2n) is 38.6. The van der Waals surface area contributed by atoms with Crippen molar-refractivity contribution in [1.29, 1.82) is 0 Å². The number of aromatic nitrogens is 4. The lowest BCUT2D eigenvalue weighted by atomic mass is 9.76. The zero-order valence-corrected chi connectivity index (χ0v) is 82.5. The van der Waals surface area contributed by atoms with Gasteiger partial charge in [-0.1, -0.05) is 78.9 Å². The Bertz CT molecular complexity index is 7450. The summed E-state index contributed by atoms with van der Waals surface area (Å²) < 4.78 is 40.6. The number of benzene rings is 9. The molecule has 1 aliphatic rings. The van der Waals surface area contributed by atoms with Crippen LogP contribution < -0.4 is 21.7 Å². The van der Waals surface area contributed by atoms with E-state index >= 15 is 0 Å². The quantitative estimate of drug-likeness (QED) is 0.0707. The topological polar surface area (TPSA) is 194 Å². The van der Waals surface area contributed by atoms with Crippen LogP contribution in [0.3, 0.4) is 0 Å². The summed E-state index contributed by atoms with van der Waals surface area (Å²) in [7, 11) is 2.27. The van der Waals surface area contributed by atoms with Gasteiger partial charge < -0.3 is 46.4 Å². The third kappa shape index (κ3) is 17.9. The van der Waals surface area contributed by atoms with E-state index in [-0.39, 0.29) is 11.5 Å².